The molecule has 0 radical (unpaired) electrons. The summed E-state index contributed by atoms with van der Waals surface area (Å²) in [5.74, 6) is -2.30. The van der Waals surface area contributed by atoms with Crippen molar-refractivity contribution in [1.82, 2.24) is 9.80 Å². The van der Waals surface area contributed by atoms with Crippen molar-refractivity contribution in [3.8, 4) is 0 Å². The van der Waals surface area contributed by atoms with E-state index in [2.05, 4.69) is 0 Å². The number of carboxylic acid groups (broad SMARTS) is 2. The van der Waals surface area contributed by atoms with Crippen molar-refractivity contribution in [3.05, 3.63) is 0 Å². The third-order valence-corrected chi connectivity index (χ3v) is 4.75. The Morgan fingerprint density at radius 3 is 1.46 bits per heavy atom. The molecule has 2 fully saturated rings. The van der Waals surface area contributed by atoms with Crippen LogP contribution in [0.1, 0.15) is 51.4 Å². The summed E-state index contributed by atoms with van der Waals surface area (Å²) in [6, 6.07) is -1.44. The lowest BCUT2D eigenvalue weighted by Crippen LogP contribution is -2.40. The molecule has 8 heteroatoms. The Kier molecular flexibility index (Phi) is 6.16. The van der Waals surface area contributed by atoms with Gasteiger partial charge in [0, 0.05) is 25.9 Å². The Morgan fingerprint density at radius 2 is 1.12 bits per heavy atom. The lowest BCUT2D eigenvalue weighted by molar-refractivity contribution is -0.148. The Morgan fingerprint density at radius 1 is 0.750 bits per heavy atom. The Hall–Kier alpha value is -2.12. The molecule has 0 aromatic heterocycles. The van der Waals surface area contributed by atoms with Gasteiger partial charge in [0.2, 0.25) is 11.8 Å². The van der Waals surface area contributed by atoms with Crippen LogP contribution in [0.5, 0.6) is 0 Å². The van der Waals surface area contributed by atoms with E-state index in [9.17, 15) is 19.2 Å². The van der Waals surface area contributed by atoms with Crippen molar-refractivity contribution in [2.75, 3.05) is 13.1 Å². The number of carbonyl (C=O) groups excluding carboxylic acids is 2. The first-order chi connectivity index (χ1) is 11.4. The topological polar surface area (TPSA) is 115 Å². The number of carbonyl (C=O) groups is 4. The molecule has 0 bridgehead atoms. The number of hydrogen-bond acceptors (Lipinski definition) is 4. The first-order valence-electron chi connectivity index (χ1n) is 8.46. The molecule has 134 valence electrons. The number of rotatable bonds is 7. The highest BCUT2D eigenvalue weighted by Gasteiger charge is 2.34. The number of likely N-dealkylation sites (tertiary alicyclic amines) is 2. The summed E-state index contributed by atoms with van der Waals surface area (Å²) >= 11 is 0. The molecule has 2 amide bonds. The molecule has 8 nitrogen and oxygen atoms in total. The van der Waals surface area contributed by atoms with E-state index in [0.717, 1.165) is 0 Å². The fourth-order valence-corrected chi connectivity index (χ4v) is 3.48. The Balaban J connectivity index is 1.71. The Bertz CT molecular complexity index is 475. The molecule has 0 spiro atoms. The van der Waals surface area contributed by atoms with Crippen LogP contribution in [0.4, 0.5) is 0 Å². The molecule has 2 aliphatic rings. The molecule has 0 saturated carbocycles. The third-order valence-electron chi connectivity index (χ3n) is 4.75. The first-order valence-corrected chi connectivity index (χ1v) is 8.46. The standard InChI is InChI=1S/C16H24N2O6/c19-13(17-9-3-5-11(17)15(21)22)7-1-2-8-14(20)18-10-4-6-12(18)16(23)24/h11-12H,1-10H2,(H,21,22)(H,23,24)/t11-,12-/m0/s1. The molecular weight excluding hydrogens is 316 g/mol. The van der Waals surface area contributed by atoms with Gasteiger partial charge in [0.1, 0.15) is 12.1 Å². The van der Waals surface area contributed by atoms with Crippen LogP contribution in [0.25, 0.3) is 0 Å². The first kappa shape index (κ1) is 18.2. The van der Waals surface area contributed by atoms with Crippen molar-refractivity contribution in [1.29, 1.82) is 0 Å². The van der Waals surface area contributed by atoms with E-state index in [-0.39, 0.29) is 24.7 Å². The monoisotopic (exact) mass is 340 g/mol. The van der Waals surface area contributed by atoms with Gasteiger partial charge in [-0.05, 0) is 38.5 Å². The van der Waals surface area contributed by atoms with Gasteiger partial charge in [-0.15, -0.1) is 0 Å². The molecule has 2 rings (SSSR count). The number of unbranched alkanes of at least 4 members (excludes halogenated alkanes) is 1. The van der Waals surface area contributed by atoms with Crippen LogP contribution in [0, 0.1) is 0 Å². The zero-order valence-electron chi connectivity index (χ0n) is 13.6. The van der Waals surface area contributed by atoms with Crippen LogP contribution in [0.3, 0.4) is 0 Å². The van der Waals surface area contributed by atoms with Crippen LogP contribution >= 0.6 is 0 Å². The van der Waals surface area contributed by atoms with Gasteiger partial charge in [0.05, 0.1) is 0 Å². The molecule has 2 aliphatic heterocycles. The van der Waals surface area contributed by atoms with Gasteiger partial charge in [0.15, 0.2) is 0 Å². The fourth-order valence-electron chi connectivity index (χ4n) is 3.48. The Labute approximate surface area is 140 Å². The number of carboxylic acids is 2. The van der Waals surface area contributed by atoms with Crippen molar-refractivity contribution in [3.63, 3.8) is 0 Å². The van der Waals surface area contributed by atoms with E-state index >= 15 is 0 Å². The van der Waals surface area contributed by atoms with Gasteiger partial charge in [-0.3, -0.25) is 9.59 Å². The summed E-state index contributed by atoms with van der Waals surface area (Å²) < 4.78 is 0. The van der Waals surface area contributed by atoms with Gasteiger partial charge in [-0.25, -0.2) is 9.59 Å². The second kappa shape index (κ2) is 8.12. The van der Waals surface area contributed by atoms with Gasteiger partial charge in [0.25, 0.3) is 0 Å². The summed E-state index contributed by atoms with van der Waals surface area (Å²) in [5.41, 5.74) is 0. The zero-order chi connectivity index (χ0) is 17.7. The van der Waals surface area contributed by atoms with Gasteiger partial charge in [-0.1, -0.05) is 0 Å². The second-order valence-electron chi connectivity index (χ2n) is 6.37. The predicted molar refractivity (Wildman–Crippen MR) is 83.2 cm³/mol. The SMILES string of the molecule is O=C(O)[C@@H]1CCCN1C(=O)CCCCC(=O)N1CCC[C@H]1C(=O)O. The largest absolute Gasteiger partial charge is 0.480 e. The van der Waals surface area contributed by atoms with Crippen LogP contribution in [-0.4, -0.2) is 68.9 Å². The summed E-state index contributed by atoms with van der Waals surface area (Å²) in [5, 5.41) is 18.2. The predicted octanol–water partition coefficient (Wildman–Crippen LogP) is 0.698. The van der Waals surface area contributed by atoms with Gasteiger partial charge in [-0.2, -0.15) is 0 Å². The smallest absolute Gasteiger partial charge is 0.326 e. The molecule has 24 heavy (non-hydrogen) atoms. The van der Waals surface area contributed by atoms with Crippen LogP contribution in [0.2, 0.25) is 0 Å². The summed E-state index contributed by atoms with van der Waals surface area (Å²) in [7, 11) is 0. The van der Waals surface area contributed by atoms with E-state index in [1.54, 1.807) is 0 Å². The third kappa shape index (κ3) is 4.24. The molecule has 0 aromatic rings. The molecule has 2 N–H and O–H groups in total. The lowest BCUT2D eigenvalue weighted by atomic mass is 10.1. The maximum absolute atomic E-state index is 12.1. The number of amides is 2. The van der Waals surface area contributed by atoms with Gasteiger partial charge < -0.3 is 20.0 Å². The molecule has 0 aromatic carbocycles. The minimum atomic E-state index is -0.968. The van der Waals surface area contributed by atoms with Crippen molar-refractivity contribution < 1.29 is 29.4 Å². The van der Waals surface area contributed by atoms with Crippen LogP contribution in [-0.2, 0) is 19.2 Å². The lowest BCUT2D eigenvalue weighted by Gasteiger charge is -2.22. The van der Waals surface area contributed by atoms with E-state index in [1.807, 2.05) is 0 Å². The van der Waals surface area contributed by atoms with E-state index < -0.39 is 24.0 Å². The quantitative estimate of drug-likeness (QED) is 0.659. The minimum Gasteiger partial charge on any atom is -0.480 e. The van der Waals surface area contributed by atoms with Crippen molar-refractivity contribution in [2.45, 2.75) is 63.5 Å². The average Bonchev–Trinajstić information content (AvgIpc) is 3.19. The normalized spacial score (nSPS) is 23.5. The van der Waals surface area contributed by atoms with E-state index in [4.69, 9.17) is 10.2 Å². The summed E-state index contributed by atoms with van der Waals surface area (Å²) in [4.78, 5) is 49.2. The molecule has 2 atom stereocenters. The molecular formula is C16H24N2O6. The maximum Gasteiger partial charge on any atom is 0.326 e. The van der Waals surface area contributed by atoms with Crippen molar-refractivity contribution in [2.24, 2.45) is 0 Å². The highest BCUT2D eigenvalue weighted by molar-refractivity contribution is 5.85. The highest BCUT2D eigenvalue weighted by Crippen LogP contribution is 2.21. The average molecular weight is 340 g/mol. The molecule has 2 heterocycles. The zero-order valence-corrected chi connectivity index (χ0v) is 13.6. The van der Waals surface area contributed by atoms with Crippen LogP contribution in [0.15, 0.2) is 0 Å². The fraction of sp³-hybridized carbons (Fsp3) is 0.750. The summed E-state index contributed by atoms with van der Waals surface area (Å²) in [6.45, 7) is 0.950. The van der Waals surface area contributed by atoms with Gasteiger partial charge >= 0.3 is 11.9 Å². The highest BCUT2D eigenvalue weighted by atomic mass is 16.4. The summed E-state index contributed by atoms with van der Waals surface area (Å²) in [6.07, 6.45) is 3.83. The minimum absolute atomic E-state index is 0.183. The van der Waals surface area contributed by atoms with E-state index in [1.165, 1.54) is 9.80 Å². The number of aliphatic carboxylic acids is 2. The maximum atomic E-state index is 12.1. The van der Waals surface area contributed by atoms with Crippen LogP contribution < -0.4 is 0 Å². The molecule has 0 aliphatic carbocycles. The number of hydrogen-bond donors (Lipinski definition) is 2. The molecule has 2 saturated heterocycles. The second-order valence-corrected chi connectivity index (χ2v) is 6.37. The molecule has 0 unspecified atom stereocenters. The van der Waals surface area contributed by atoms with E-state index in [0.29, 0.717) is 51.6 Å². The number of nitrogens with zero attached hydrogens (tertiary/aromatic N) is 2. The van der Waals surface area contributed by atoms with Crippen molar-refractivity contribution >= 4 is 23.8 Å².